The van der Waals surface area contributed by atoms with Crippen LogP contribution in [-0.2, 0) is 6.18 Å². The van der Waals surface area contributed by atoms with Gasteiger partial charge in [-0.3, -0.25) is 0 Å². The molecule has 6 heteroatoms. The highest BCUT2D eigenvalue weighted by Gasteiger charge is 2.39. The third-order valence-electron chi connectivity index (χ3n) is 4.21. The quantitative estimate of drug-likeness (QED) is 0.833. The maximum absolute atomic E-state index is 13.1. The first-order chi connectivity index (χ1) is 9.45. The smallest absolute Gasteiger partial charge is 0.369 e. The minimum absolute atomic E-state index is 0.295. The van der Waals surface area contributed by atoms with Gasteiger partial charge in [0.2, 0.25) is 0 Å². The molecule has 2 heterocycles. The number of nitrogens with one attached hydrogen (secondary N) is 1. The van der Waals surface area contributed by atoms with Crippen LogP contribution >= 0.6 is 15.9 Å². The molecule has 2 fully saturated rings. The van der Waals surface area contributed by atoms with Crippen molar-refractivity contribution in [1.29, 1.82) is 0 Å². The summed E-state index contributed by atoms with van der Waals surface area (Å²) in [5.41, 5.74) is -0.248. The van der Waals surface area contributed by atoms with Crippen LogP contribution in [0.25, 0.3) is 0 Å². The van der Waals surface area contributed by atoms with E-state index >= 15 is 0 Å². The Bertz CT molecular complexity index is 490. The Morgan fingerprint density at radius 3 is 2.75 bits per heavy atom. The molecule has 0 aliphatic carbocycles. The topological polar surface area (TPSA) is 15.3 Å². The van der Waals surface area contributed by atoms with Crippen LogP contribution < -0.4 is 10.2 Å². The Morgan fingerprint density at radius 1 is 1.25 bits per heavy atom. The molecule has 0 unspecified atom stereocenters. The van der Waals surface area contributed by atoms with Gasteiger partial charge < -0.3 is 10.2 Å². The molecular formula is C14H16BrF3N2. The predicted molar refractivity (Wildman–Crippen MR) is 75.9 cm³/mol. The van der Waals surface area contributed by atoms with Crippen molar-refractivity contribution in [1.82, 2.24) is 5.32 Å². The number of fused-ring (bicyclic) bond motifs is 1. The molecule has 0 spiro atoms. The van der Waals surface area contributed by atoms with Crippen LogP contribution in [0.1, 0.15) is 18.4 Å². The minimum Gasteiger partial charge on any atom is -0.369 e. The van der Waals surface area contributed by atoms with Crippen LogP contribution in [0.5, 0.6) is 0 Å². The Hall–Kier alpha value is -0.750. The van der Waals surface area contributed by atoms with Crippen LogP contribution in [0.15, 0.2) is 22.7 Å². The Balaban J connectivity index is 1.92. The molecule has 110 valence electrons. The number of halogens is 4. The molecule has 0 saturated carbocycles. The van der Waals surface area contributed by atoms with Crippen molar-refractivity contribution in [3.05, 3.63) is 28.2 Å². The van der Waals surface area contributed by atoms with Gasteiger partial charge in [-0.05, 0) is 43.5 Å². The molecule has 3 rings (SSSR count). The first kappa shape index (κ1) is 14.2. The largest absolute Gasteiger partial charge is 0.418 e. The van der Waals surface area contributed by atoms with E-state index in [1.54, 1.807) is 6.07 Å². The molecule has 1 N–H and O–H groups in total. The van der Waals surface area contributed by atoms with E-state index in [0.29, 0.717) is 35.2 Å². The molecule has 2 saturated heterocycles. The minimum atomic E-state index is -4.31. The van der Waals surface area contributed by atoms with Gasteiger partial charge in [-0.1, -0.05) is 15.9 Å². The van der Waals surface area contributed by atoms with E-state index in [4.69, 9.17) is 0 Å². The third-order valence-corrected chi connectivity index (χ3v) is 4.70. The van der Waals surface area contributed by atoms with Gasteiger partial charge in [0.15, 0.2) is 0 Å². The lowest BCUT2D eigenvalue weighted by Crippen LogP contribution is -2.40. The van der Waals surface area contributed by atoms with Crippen molar-refractivity contribution < 1.29 is 13.2 Å². The lowest BCUT2D eigenvalue weighted by molar-refractivity contribution is -0.137. The number of piperidine rings is 1. The maximum Gasteiger partial charge on any atom is 0.418 e. The lowest BCUT2D eigenvalue weighted by Gasteiger charge is -2.24. The standard InChI is InChI=1S/C14H16BrF3N2/c15-10-3-4-11(14(16,17)18)13(6-10)20-7-9-2-1-5-19-12(9)8-20/h3-4,6,9,12,19H,1-2,5,7-8H2/t9-,12+/m0/s1. The fourth-order valence-electron chi connectivity index (χ4n) is 3.25. The van der Waals surface area contributed by atoms with Crippen LogP contribution in [0.3, 0.4) is 0 Å². The van der Waals surface area contributed by atoms with Crippen molar-refractivity contribution >= 4 is 21.6 Å². The monoisotopic (exact) mass is 348 g/mol. The van der Waals surface area contributed by atoms with Crippen molar-refractivity contribution in [2.45, 2.75) is 25.1 Å². The molecule has 0 bridgehead atoms. The van der Waals surface area contributed by atoms with Crippen LogP contribution in [0.4, 0.5) is 18.9 Å². The predicted octanol–water partition coefficient (Wildman–Crippen LogP) is 3.66. The van der Waals surface area contributed by atoms with Gasteiger partial charge in [-0.2, -0.15) is 13.2 Å². The van der Waals surface area contributed by atoms with Gasteiger partial charge in [0.25, 0.3) is 0 Å². The molecule has 20 heavy (non-hydrogen) atoms. The molecule has 1 aromatic carbocycles. The van der Waals surface area contributed by atoms with Gasteiger partial charge in [-0.15, -0.1) is 0 Å². The lowest BCUT2D eigenvalue weighted by atomic mass is 9.94. The number of rotatable bonds is 1. The molecule has 2 aliphatic rings. The van der Waals surface area contributed by atoms with E-state index in [0.717, 1.165) is 25.5 Å². The van der Waals surface area contributed by atoms with E-state index in [1.807, 2.05) is 4.90 Å². The highest BCUT2D eigenvalue weighted by Crippen LogP contribution is 2.40. The fourth-order valence-corrected chi connectivity index (χ4v) is 3.60. The fraction of sp³-hybridized carbons (Fsp3) is 0.571. The van der Waals surface area contributed by atoms with E-state index in [1.165, 1.54) is 6.07 Å². The molecule has 2 aliphatic heterocycles. The van der Waals surface area contributed by atoms with Crippen molar-refractivity contribution in [3.63, 3.8) is 0 Å². The second-order valence-electron chi connectivity index (χ2n) is 5.53. The number of benzene rings is 1. The van der Waals surface area contributed by atoms with Crippen molar-refractivity contribution in [2.75, 3.05) is 24.5 Å². The molecule has 2 atom stereocenters. The molecular weight excluding hydrogens is 333 g/mol. The summed E-state index contributed by atoms with van der Waals surface area (Å²) in [4.78, 5) is 1.88. The summed E-state index contributed by atoms with van der Waals surface area (Å²) in [5, 5.41) is 3.42. The summed E-state index contributed by atoms with van der Waals surface area (Å²) in [6.07, 6.45) is -2.10. The second-order valence-corrected chi connectivity index (χ2v) is 6.44. The summed E-state index contributed by atoms with van der Waals surface area (Å²) < 4.78 is 40.1. The summed E-state index contributed by atoms with van der Waals surface area (Å²) in [5.74, 6) is 0.462. The normalized spacial score (nSPS) is 26.7. The first-order valence-corrected chi connectivity index (χ1v) is 7.59. The van der Waals surface area contributed by atoms with Gasteiger partial charge in [-0.25, -0.2) is 0 Å². The number of anilines is 1. The zero-order valence-corrected chi connectivity index (χ0v) is 12.5. The Kier molecular flexibility index (Phi) is 3.71. The number of hydrogen-bond donors (Lipinski definition) is 1. The van der Waals surface area contributed by atoms with E-state index in [-0.39, 0.29) is 0 Å². The van der Waals surface area contributed by atoms with E-state index in [2.05, 4.69) is 21.2 Å². The highest BCUT2D eigenvalue weighted by molar-refractivity contribution is 9.10. The van der Waals surface area contributed by atoms with Gasteiger partial charge in [0, 0.05) is 23.6 Å². The van der Waals surface area contributed by atoms with Crippen LogP contribution in [0.2, 0.25) is 0 Å². The summed E-state index contributed by atoms with van der Waals surface area (Å²) >= 11 is 3.28. The number of alkyl halides is 3. The van der Waals surface area contributed by atoms with E-state index < -0.39 is 11.7 Å². The van der Waals surface area contributed by atoms with Gasteiger partial charge >= 0.3 is 6.18 Å². The molecule has 2 nitrogen and oxygen atoms in total. The van der Waals surface area contributed by atoms with Gasteiger partial charge in [0.1, 0.15) is 0 Å². The second kappa shape index (κ2) is 5.22. The third kappa shape index (κ3) is 2.68. The zero-order valence-electron chi connectivity index (χ0n) is 10.9. The Morgan fingerprint density at radius 2 is 2.05 bits per heavy atom. The molecule has 1 aromatic rings. The number of nitrogens with zero attached hydrogens (tertiary/aromatic N) is 1. The van der Waals surface area contributed by atoms with Gasteiger partial charge in [0.05, 0.1) is 11.3 Å². The first-order valence-electron chi connectivity index (χ1n) is 6.80. The number of hydrogen-bond acceptors (Lipinski definition) is 2. The Labute approximate surface area is 124 Å². The summed E-state index contributed by atoms with van der Waals surface area (Å²) in [7, 11) is 0. The average molecular weight is 349 g/mol. The van der Waals surface area contributed by atoms with Crippen molar-refractivity contribution in [3.8, 4) is 0 Å². The highest BCUT2D eigenvalue weighted by atomic mass is 79.9. The summed E-state index contributed by atoms with van der Waals surface area (Å²) in [6, 6.07) is 4.52. The zero-order chi connectivity index (χ0) is 14.3. The maximum atomic E-state index is 13.1. The molecule has 0 amide bonds. The van der Waals surface area contributed by atoms with Crippen LogP contribution in [-0.4, -0.2) is 25.7 Å². The van der Waals surface area contributed by atoms with Crippen molar-refractivity contribution in [2.24, 2.45) is 5.92 Å². The van der Waals surface area contributed by atoms with E-state index in [9.17, 15) is 13.2 Å². The average Bonchev–Trinajstić information content (AvgIpc) is 2.80. The molecule has 0 radical (unpaired) electrons. The SMILES string of the molecule is FC(F)(F)c1ccc(Br)cc1N1C[C@@H]2CCCN[C@@H]2C1. The summed E-state index contributed by atoms with van der Waals surface area (Å²) in [6.45, 7) is 2.33. The molecule has 0 aromatic heterocycles. The van der Waals surface area contributed by atoms with Crippen LogP contribution in [0, 0.1) is 5.92 Å².